The van der Waals surface area contributed by atoms with Crippen LogP contribution in [0.15, 0.2) is 0 Å². The summed E-state index contributed by atoms with van der Waals surface area (Å²) in [5.41, 5.74) is 2.12. The second-order valence-corrected chi connectivity index (χ2v) is 3.39. The first-order valence-corrected chi connectivity index (χ1v) is 4.46. The van der Waals surface area contributed by atoms with Gasteiger partial charge in [-0.2, -0.15) is 11.8 Å². The number of hydrogen-bond acceptors (Lipinski definition) is 3. The van der Waals surface area contributed by atoms with Crippen molar-refractivity contribution < 1.29 is 4.79 Å². The summed E-state index contributed by atoms with van der Waals surface area (Å²) in [6.45, 7) is 3.93. The van der Waals surface area contributed by atoms with Gasteiger partial charge in [-0.25, -0.2) is 5.84 Å². The van der Waals surface area contributed by atoms with Crippen molar-refractivity contribution in [2.75, 3.05) is 11.5 Å². The maximum absolute atomic E-state index is 10.8. The summed E-state index contributed by atoms with van der Waals surface area (Å²) < 4.78 is 0. The SMILES string of the molecule is CCSCC(C)C(=O)NN. The Labute approximate surface area is 65.7 Å². The molecule has 1 unspecified atom stereocenters. The van der Waals surface area contributed by atoms with E-state index in [0.717, 1.165) is 11.5 Å². The molecule has 0 aliphatic rings. The van der Waals surface area contributed by atoms with Crippen LogP contribution in [0.5, 0.6) is 0 Å². The molecule has 0 heterocycles. The summed E-state index contributed by atoms with van der Waals surface area (Å²) in [7, 11) is 0. The van der Waals surface area contributed by atoms with Gasteiger partial charge in [-0.15, -0.1) is 0 Å². The molecule has 0 bridgehead atoms. The van der Waals surface area contributed by atoms with E-state index in [-0.39, 0.29) is 11.8 Å². The van der Waals surface area contributed by atoms with Gasteiger partial charge in [-0.3, -0.25) is 10.2 Å². The number of thioether (sulfide) groups is 1. The molecule has 0 aliphatic carbocycles. The number of hydrogen-bond donors (Lipinski definition) is 2. The Morgan fingerprint density at radius 3 is 2.80 bits per heavy atom. The predicted octanol–water partition coefficient (Wildman–Crippen LogP) is 0.366. The van der Waals surface area contributed by atoms with Crippen molar-refractivity contribution >= 4 is 17.7 Å². The summed E-state index contributed by atoms with van der Waals surface area (Å²) >= 11 is 1.74. The van der Waals surface area contributed by atoms with Crippen molar-refractivity contribution in [3.63, 3.8) is 0 Å². The highest BCUT2D eigenvalue weighted by molar-refractivity contribution is 7.99. The first-order valence-electron chi connectivity index (χ1n) is 3.30. The van der Waals surface area contributed by atoms with E-state index in [1.54, 1.807) is 11.8 Å². The van der Waals surface area contributed by atoms with Crippen molar-refractivity contribution in [3.8, 4) is 0 Å². The van der Waals surface area contributed by atoms with Gasteiger partial charge in [0.2, 0.25) is 5.91 Å². The normalized spacial score (nSPS) is 12.7. The predicted molar refractivity (Wildman–Crippen MR) is 44.5 cm³/mol. The monoisotopic (exact) mass is 162 g/mol. The van der Waals surface area contributed by atoms with E-state index >= 15 is 0 Å². The van der Waals surface area contributed by atoms with Gasteiger partial charge in [0.1, 0.15) is 0 Å². The number of carbonyl (C=O) groups is 1. The van der Waals surface area contributed by atoms with Crippen LogP contribution in [0.3, 0.4) is 0 Å². The zero-order valence-corrected chi connectivity index (χ0v) is 7.20. The number of nitrogens with one attached hydrogen (secondary N) is 1. The third-order valence-electron chi connectivity index (χ3n) is 1.16. The van der Waals surface area contributed by atoms with Crippen LogP contribution in [0, 0.1) is 5.92 Å². The molecular weight excluding hydrogens is 148 g/mol. The molecule has 0 aromatic heterocycles. The summed E-state index contributed by atoms with van der Waals surface area (Å²) in [6.07, 6.45) is 0. The Morgan fingerprint density at radius 1 is 1.80 bits per heavy atom. The smallest absolute Gasteiger partial charge is 0.237 e. The van der Waals surface area contributed by atoms with Crippen molar-refractivity contribution in [2.45, 2.75) is 13.8 Å². The highest BCUT2D eigenvalue weighted by atomic mass is 32.2. The van der Waals surface area contributed by atoms with E-state index < -0.39 is 0 Å². The lowest BCUT2D eigenvalue weighted by Gasteiger charge is -2.06. The van der Waals surface area contributed by atoms with Crippen LogP contribution in [0.25, 0.3) is 0 Å². The molecule has 3 N–H and O–H groups in total. The van der Waals surface area contributed by atoms with Gasteiger partial charge in [0.05, 0.1) is 0 Å². The van der Waals surface area contributed by atoms with E-state index in [4.69, 9.17) is 5.84 Å². The van der Waals surface area contributed by atoms with Gasteiger partial charge in [0.25, 0.3) is 0 Å². The van der Waals surface area contributed by atoms with Crippen LogP contribution in [-0.2, 0) is 4.79 Å². The molecule has 0 aromatic carbocycles. The van der Waals surface area contributed by atoms with Crippen LogP contribution < -0.4 is 11.3 Å². The zero-order chi connectivity index (χ0) is 7.98. The van der Waals surface area contributed by atoms with Crippen LogP contribution in [0.2, 0.25) is 0 Å². The fourth-order valence-electron chi connectivity index (χ4n) is 0.513. The molecule has 3 nitrogen and oxygen atoms in total. The molecule has 4 heteroatoms. The lowest BCUT2D eigenvalue weighted by molar-refractivity contribution is -0.123. The maximum atomic E-state index is 10.8. The van der Waals surface area contributed by atoms with Crippen molar-refractivity contribution in [1.29, 1.82) is 0 Å². The average Bonchev–Trinajstić information content (AvgIpc) is 1.98. The second kappa shape index (κ2) is 5.56. The molecular formula is C6H14N2OS. The second-order valence-electron chi connectivity index (χ2n) is 2.07. The average molecular weight is 162 g/mol. The standard InChI is InChI=1S/C6H14N2OS/c1-3-10-4-5(2)6(9)8-7/h5H,3-4,7H2,1-2H3,(H,8,9). The Morgan fingerprint density at radius 2 is 2.40 bits per heavy atom. The summed E-state index contributed by atoms with van der Waals surface area (Å²) in [5.74, 6) is 6.77. The molecule has 0 saturated heterocycles. The lowest BCUT2D eigenvalue weighted by Crippen LogP contribution is -2.35. The summed E-state index contributed by atoms with van der Waals surface area (Å²) in [5, 5.41) is 0. The molecule has 0 fully saturated rings. The summed E-state index contributed by atoms with van der Waals surface area (Å²) in [6, 6.07) is 0. The van der Waals surface area contributed by atoms with E-state index in [1.807, 2.05) is 6.92 Å². The molecule has 0 spiro atoms. The highest BCUT2D eigenvalue weighted by Crippen LogP contribution is 2.06. The molecule has 0 saturated carbocycles. The van der Waals surface area contributed by atoms with Crippen LogP contribution >= 0.6 is 11.8 Å². The Hall–Kier alpha value is -0.220. The molecule has 10 heavy (non-hydrogen) atoms. The fraction of sp³-hybridized carbons (Fsp3) is 0.833. The third kappa shape index (κ3) is 3.74. The van der Waals surface area contributed by atoms with Gasteiger partial charge < -0.3 is 0 Å². The van der Waals surface area contributed by atoms with Gasteiger partial charge in [-0.05, 0) is 5.75 Å². The number of hydrazine groups is 1. The minimum atomic E-state index is -0.0825. The van der Waals surface area contributed by atoms with Gasteiger partial charge in [-0.1, -0.05) is 13.8 Å². The molecule has 0 aliphatic heterocycles. The van der Waals surface area contributed by atoms with Crippen molar-refractivity contribution in [1.82, 2.24) is 5.43 Å². The van der Waals surface area contributed by atoms with Gasteiger partial charge in [0, 0.05) is 11.7 Å². The molecule has 1 atom stereocenters. The van der Waals surface area contributed by atoms with E-state index in [2.05, 4.69) is 12.3 Å². The topological polar surface area (TPSA) is 55.1 Å². The minimum absolute atomic E-state index is 0.0231. The first kappa shape index (κ1) is 9.78. The number of amides is 1. The van der Waals surface area contributed by atoms with E-state index in [0.29, 0.717) is 0 Å². The van der Waals surface area contributed by atoms with E-state index in [9.17, 15) is 4.79 Å². The minimum Gasteiger partial charge on any atom is -0.294 e. The summed E-state index contributed by atoms with van der Waals surface area (Å²) in [4.78, 5) is 10.8. The van der Waals surface area contributed by atoms with Gasteiger partial charge in [0.15, 0.2) is 0 Å². The van der Waals surface area contributed by atoms with E-state index in [1.165, 1.54) is 0 Å². The fourth-order valence-corrected chi connectivity index (χ4v) is 1.25. The van der Waals surface area contributed by atoms with Crippen LogP contribution in [-0.4, -0.2) is 17.4 Å². The Bertz CT molecular complexity index is 108. The van der Waals surface area contributed by atoms with Crippen molar-refractivity contribution in [2.24, 2.45) is 11.8 Å². The molecule has 0 radical (unpaired) electrons. The Balaban J connectivity index is 3.41. The highest BCUT2D eigenvalue weighted by Gasteiger charge is 2.09. The molecule has 60 valence electrons. The van der Waals surface area contributed by atoms with Crippen LogP contribution in [0.1, 0.15) is 13.8 Å². The number of carbonyl (C=O) groups excluding carboxylic acids is 1. The number of rotatable bonds is 4. The lowest BCUT2D eigenvalue weighted by atomic mass is 10.2. The largest absolute Gasteiger partial charge is 0.294 e. The zero-order valence-electron chi connectivity index (χ0n) is 6.39. The van der Waals surface area contributed by atoms with Crippen LogP contribution in [0.4, 0.5) is 0 Å². The number of nitrogens with two attached hydrogens (primary N) is 1. The van der Waals surface area contributed by atoms with Crippen molar-refractivity contribution in [3.05, 3.63) is 0 Å². The first-order chi connectivity index (χ1) is 4.72. The quantitative estimate of drug-likeness (QED) is 0.356. The molecule has 0 aromatic rings. The van der Waals surface area contributed by atoms with Gasteiger partial charge >= 0.3 is 0 Å². The maximum Gasteiger partial charge on any atom is 0.237 e. The molecule has 1 amide bonds. The Kier molecular flexibility index (Phi) is 5.43. The third-order valence-corrected chi connectivity index (χ3v) is 2.31. The molecule has 0 rings (SSSR count).